The largest absolute Gasteiger partial charge is 0.337 e. The molecule has 1 aromatic carbocycles. The van der Waals surface area contributed by atoms with Gasteiger partial charge in [-0.3, -0.25) is 9.59 Å². The summed E-state index contributed by atoms with van der Waals surface area (Å²) in [6.07, 6.45) is 0.802. The van der Waals surface area contributed by atoms with Crippen LogP contribution in [0.4, 0.5) is 0 Å². The summed E-state index contributed by atoms with van der Waals surface area (Å²) in [5.74, 6) is -0.132. The molecule has 0 aliphatic carbocycles. The molecule has 1 atom stereocenters. The summed E-state index contributed by atoms with van der Waals surface area (Å²) < 4.78 is 0.865. The minimum absolute atomic E-state index is 0.0268. The predicted octanol–water partition coefficient (Wildman–Crippen LogP) is 1.46. The number of hydrogen-bond acceptors (Lipinski definition) is 3. The first-order chi connectivity index (χ1) is 9.54. The fourth-order valence-corrected chi connectivity index (χ4v) is 2.91. The van der Waals surface area contributed by atoms with Gasteiger partial charge in [0, 0.05) is 40.6 Å². The summed E-state index contributed by atoms with van der Waals surface area (Å²) in [7, 11) is 0. The topological polar surface area (TPSA) is 79.2 Å². The molecule has 5 nitrogen and oxygen atoms in total. The third-order valence-electron chi connectivity index (χ3n) is 3.55. The fraction of sp³-hybridized carbons (Fsp3) is 0.286. The number of likely N-dealkylation sites (tertiary alicyclic amines) is 1. The normalized spacial score (nSPS) is 18.7. The summed E-state index contributed by atoms with van der Waals surface area (Å²) in [5.41, 5.74) is 6.66. The predicted molar refractivity (Wildman–Crippen MR) is 80.8 cm³/mol. The Labute approximate surface area is 123 Å². The Morgan fingerprint density at radius 3 is 2.90 bits per heavy atom. The van der Waals surface area contributed by atoms with E-state index in [1.807, 2.05) is 12.1 Å². The first-order valence-electron chi connectivity index (χ1n) is 6.42. The molecular formula is C14H14BrN3O2. The van der Waals surface area contributed by atoms with Crippen molar-refractivity contribution in [1.29, 1.82) is 0 Å². The molecular weight excluding hydrogens is 322 g/mol. The monoisotopic (exact) mass is 335 g/mol. The van der Waals surface area contributed by atoms with Gasteiger partial charge in [0.15, 0.2) is 0 Å². The fourth-order valence-electron chi connectivity index (χ4n) is 2.55. The number of carbonyl (C=O) groups is 1. The van der Waals surface area contributed by atoms with Crippen LogP contribution >= 0.6 is 15.9 Å². The molecule has 104 valence electrons. The van der Waals surface area contributed by atoms with Crippen molar-refractivity contribution >= 4 is 32.7 Å². The van der Waals surface area contributed by atoms with Crippen LogP contribution < -0.4 is 11.3 Å². The Morgan fingerprint density at radius 2 is 2.20 bits per heavy atom. The maximum Gasteiger partial charge on any atom is 0.254 e. The van der Waals surface area contributed by atoms with Crippen molar-refractivity contribution in [2.75, 3.05) is 13.1 Å². The van der Waals surface area contributed by atoms with Crippen LogP contribution in [0.3, 0.4) is 0 Å². The number of rotatable bonds is 1. The first kappa shape index (κ1) is 13.3. The lowest BCUT2D eigenvalue weighted by molar-refractivity contribution is 0.0792. The maximum absolute atomic E-state index is 12.6. The van der Waals surface area contributed by atoms with Gasteiger partial charge < -0.3 is 15.6 Å². The molecule has 20 heavy (non-hydrogen) atoms. The maximum atomic E-state index is 12.6. The molecule has 2 heterocycles. The molecule has 1 fully saturated rings. The van der Waals surface area contributed by atoms with Crippen molar-refractivity contribution in [1.82, 2.24) is 9.88 Å². The van der Waals surface area contributed by atoms with Gasteiger partial charge in [0.1, 0.15) is 0 Å². The van der Waals surface area contributed by atoms with Crippen molar-refractivity contribution in [3.8, 4) is 0 Å². The van der Waals surface area contributed by atoms with Crippen molar-refractivity contribution < 1.29 is 4.79 Å². The van der Waals surface area contributed by atoms with Crippen LogP contribution in [-0.2, 0) is 0 Å². The second-order valence-electron chi connectivity index (χ2n) is 5.04. The number of carbonyl (C=O) groups excluding carboxylic acids is 1. The molecule has 1 aliphatic rings. The molecule has 0 bridgehead atoms. The SMILES string of the molecule is N[C@H]1CCN(C(=O)c2cc(=O)[nH]c3ccc(Br)cc23)C1. The number of amides is 1. The van der Waals surface area contributed by atoms with E-state index in [0.29, 0.717) is 24.2 Å². The number of nitrogens with zero attached hydrogens (tertiary/aromatic N) is 1. The number of nitrogens with two attached hydrogens (primary N) is 1. The summed E-state index contributed by atoms with van der Waals surface area (Å²) in [6, 6.07) is 6.85. The molecule has 1 amide bonds. The van der Waals surface area contributed by atoms with Gasteiger partial charge in [-0.15, -0.1) is 0 Å². The first-order valence-corrected chi connectivity index (χ1v) is 7.21. The van der Waals surface area contributed by atoms with Crippen molar-refractivity contribution in [3.63, 3.8) is 0 Å². The summed E-state index contributed by atoms with van der Waals surface area (Å²) in [4.78, 5) is 28.7. The van der Waals surface area contributed by atoms with Crippen LogP contribution in [0.1, 0.15) is 16.8 Å². The molecule has 0 unspecified atom stereocenters. The zero-order chi connectivity index (χ0) is 14.3. The van der Waals surface area contributed by atoms with Crippen LogP contribution in [0, 0.1) is 0 Å². The van der Waals surface area contributed by atoms with Gasteiger partial charge >= 0.3 is 0 Å². The van der Waals surface area contributed by atoms with Crippen LogP contribution in [-0.4, -0.2) is 34.9 Å². The van der Waals surface area contributed by atoms with Crippen LogP contribution in [0.5, 0.6) is 0 Å². The molecule has 1 saturated heterocycles. The number of fused-ring (bicyclic) bond motifs is 1. The number of pyridine rings is 1. The van der Waals surface area contributed by atoms with E-state index in [1.54, 1.807) is 11.0 Å². The zero-order valence-corrected chi connectivity index (χ0v) is 12.3. The van der Waals surface area contributed by atoms with Gasteiger partial charge in [-0.25, -0.2) is 0 Å². The lowest BCUT2D eigenvalue weighted by Crippen LogP contribution is -2.32. The number of H-pyrrole nitrogens is 1. The highest BCUT2D eigenvalue weighted by atomic mass is 79.9. The quantitative estimate of drug-likeness (QED) is 0.828. The summed E-state index contributed by atoms with van der Waals surface area (Å²) in [5, 5.41) is 0.740. The molecule has 0 spiro atoms. The van der Waals surface area contributed by atoms with Gasteiger partial charge in [0.25, 0.3) is 5.91 Å². The molecule has 1 aromatic heterocycles. The highest BCUT2D eigenvalue weighted by Crippen LogP contribution is 2.22. The number of aromatic nitrogens is 1. The molecule has 3 rings (SSSR count). The number of hydrogen-bond donors (Lipinski definition) is 2. The van der Waals surface area contributed by atoms with E-state index in [1.165, 1.54) is 6.07 Å². The number of benzene rings is 1. The molecule has 2 aromatic rings. The Balaban J connectivity index is 2.12. The molecule has 3 N–H and O–H groups in total. The molecule has 0 saturated carbocycles. The van der Waals surface area contributed by atoms with Gasteiger partial charge in [-0.1, -0.05) is 15.9 Å². The Bertz CT molecular complexity index is 741. The van der Waals surface area contributed by atoms with E-state index in [2.05, 4.69) is 20.9 Å². The number of halogens is 1. The molecule has 0 radical (unpaired) electrons. The minimum Gasteiger partial charge on any atom is -0.337 e. The smallest absolute Gasteiger partial charge is 0.254 e. The average molecular weight is 336 g/mol. The van der Waals surface area contributed by atoms with Crippen LogP contribution in [0.2, 0.25) is 0 Å². The van der Waals surface area contributed by atoms with Gasteiger partial charge in [-0.05, 0) is 24.6 Å². The van der Waals surface area contributed by atoms with E-state index in [0.717, 1.165) is 16.3 Å². The van der Waals surface area contributed by atoms with E-state index in [-0.39, 0.29) is 17.5 Å². The Kier molecular flexibility index (Phi) is 3.35. The third kappa shape index (κ3) is 2.36. The van der Waals surface area contributed by atoms with E-state index in [9.17, 15) is 9.59 Å². The highest BCUT2D eigenvalue weighted by Gasteiger charge is 2.26. The van der Waals surface area contributed by atoms with Crippen molar-refractivity contribution in [3.05, 3.63) is 44.7 Å². The lowest BCUT2D eigenvalue weighted by atomic mass is 10.1. The summed E-state index contributed by atoms with van der Waals surface area (Å²) >= 11 is 3.39. The van der Waals surface area contributed by atoms with Crippen molar-refractivity contribution in [2.45, 2.75) is 12.5 Å². The lowest BCUT2D eigenvalue weighted by Gasteiger charge is -2.17. The van der Waals surface area contributed by atoms with Crippen LogP contribution in [0.25, 0.3) is 10.9 Å². The Hall–Kier alpha value is -1.66. The summed E-state index contributed by atoms with van der Waals surface area (Å²) in [6.45, 7) is 1.18. The van der Waals surface area contributed by atoms with Crippen molar-refractivity contribution in [2.24, 2.45) is 5.73 Å². The Morgan fingerprint density at radius 1 is 1.40 bits per heavy atom. The zero-order valence-electron chi connectivity index (χ0n) is 10.7. The molecule has 1 aliphatic heterocycles. The highest BCUT2D eigenvalue weighted by molar-refractivity contribution is 9.10. The van der Waals surface area contributed by atoms with Gasteiger partial charge in [-0.2, -0.15) is 0 Å². The average Bonchev–Trinajstić information content (AvgIpc) is 2.84. The third-order valence-corrected chi connectivity index (χ3v) is 4.04. The molecule has 6 heteroatoms. The standard InChI is InChI=1S/C14H14BrN3O2/c15-8-1-2-12-10(5-8)11(6-13(19)17-12)14(20)18-4-3-9(16)7-18/h1-2,5-6,9H,3-4,7,16H2,(H,17,19)/t9-/m0/s1. The number of nitrogens with one attached hydrogen (secondary N) is 1. The van der Waals surface area contributed by atoms with E-state index >= 15 is 0 Å². The van der Waals surface area contributed by atoms with E-state index in [4.69, 9.17) is 5.73 Å². The minimum atomic E-state index is -0.272. The second-order valence-corrected chi connectivity index (χ2v) is 5.95. The van der Waals surface area contributed by atoms with Gasteiger partial charge in [0.2, 0.25) is 5.56 Å². The van der Waals surface area contributed by atoms with E-state index < -0.39 is 0 Å². The van der Waals surface area contributed by atoms with Crippen LogP contribution in [0.15, 0.2) is 33.5 Å². The second kappa shape index (κ2) is 5.03. The van der Waals surface area contributed by atoms with Gasteiger partial charge in [0.05, 0.1) is 5.56 Å². The number of aromatic amines is 1.